The standard InChI is InChI=1S/C12H24N2O3/c1-12(2,17)9-14-5-3-4-10(8-14)6-13-7-11(15)16/h10,13,17H,3-9H2,1-2H3,(H,15,16). The first kappa shape index (κ1) is 14.4. The molecule has 0 aromatic rings. The van der Waals surface area contributed by atoms with Crippen LogP contribution in [-0.4, -0.2) is 59.4 Å². The second-order valence-corrected chi connectivity index (χ2v) is 5.58. The number of hydrogen-bond donors (Lipinski definition) is 3. The van der Waals surface area contributed by atoms with Crippen LogP contribution in [0.4, 0.5) is 0 Å². The van der Waals surface area contributed by atoms with E-state index in [1.807, 2.05) is 13.8 Å². The molecule has 3 N–H and O–H groups in total. The summed E-state index contributed by atoms with van der Waals surface area (Å²) in [5, 5.41) is 21.3. The van der Waals surface area contributed by atoms with Crippen molar-refractivity contribution in [3.63, 3.8) is 0 Å². The van der Waals surface area contributed by atoms with Crippen molar-refractivity contribution in [1.82, 2.24) is 10.2 Å². The predicted molar refractivity (Wildman–Crippen MR) is 66.0 cm³/mol. The summed E-state index contributed by atoms with van der Waals surface area (Å²) in [4.78, 5) is 12.6. The minimum Gasteiger partial charge on any atom is -0.480 e. The van der Waals surface area contributed by atoms with E-state index in [1.54, 1.807) is 0 Å². The summed E-state index contributed by atoms with van der Waals surface area (Å²) in [6.45, 7) is 7.06. The highest BCUT2D eigenvalue weighted by Gasteiger charge is 2.24. The van der Waals surface area contributed by atoms with Crippen LogP contribution < -0.4 is 5.32 Å². The van der Waals surface area contributed by atoms with E-state index < -0.39 is 11.6 Å². The van der Waals surface area contributed by atoms with Crippen LogP contribution in [0.25, 0.3) is 0 Å². The van der Waals surface area contributed by atoms with Crippen molar-refractivity contribution in [1.29, 1.82) is 0 Å². The zero-order chi connectivity index (χ0) is 12.9. The lowest BCUT2D eigenvalue weighted by molar-refractivity contribution is -0.136. The third kappa shape index (κ3) is 6.61. The summed E-state index contributed by atoms with van der Waals surface area (Å²) in [6.07, 6.45) is 2.25. The Bertz CT molecular complexity index is 251. The molecule has 1 rings (SSSR count). The van der Waals surface area contributed by atoms with Crippen LogP contribution in [0, 0.1) is 5.92 Å². The molecule has 1 aliphatic rings. The lowest BCUT2D eigenvalue weighted by Gasteiger charge is -2.36. The van der Waals surface area contributed by atoms with Crippen LogP contribution in [0.1, 0.15) is 26.7 Å². The SMILES string of the molecule is CC(C)(O)CN1CCCC(CNCC(=O)O)C1. The van der Waals surface area contributed by atoms with E-state index in [0.717, 1.165) is 32.5 Å². The molecule has 0 bridgehead atoms. The molecule has 100 valence electrons. The number of aliphatic carboxylic acids is 1. The van der Waals surface area contributed by atoms with Gasteiger partial charge >= 0.3 is 5.97 Å². The molecule has 0 radical (unpaired) electrons. The Morgan fingerprint density at radius 2 is 2.24 bits per heavy atom. The van der Waals surface area contributed by atoms with Crippen molar-refractivity contribution in [2.45, 2.75) is 32.3 Å². The fourth-order valence-electron chi connectivity index (χ4n) is 2.39. The number of carboxylic acid groups (broad SMARTS) is 1. The molecule has 1 fully saturated rings. The summed E-state index contributed by atoms with van der Waals surface area (Å²) < 4.78 is 0. The number of β-amino-alcohol motifs (C(OH)–C–C–N with tert-alkyl or cyclic N) is 1. The summed E-state index contributed by atoms with van der Waals surface area (Å²) in [5.41, 5.74) is -0.656. The van der Waals surface area contributed by atoms with Crippen molar-refractivity contribution in [3.05, 3.63) is 0 Å². The lowest BCUT2D eigenvalue weighted by atomic mass is 9.96. The molecule has 1 saturated heterocycles. The van der Waals surface area contributed by atoms with Crippen molar-refractivity contribution >= 4 is 5.97 Å². The molecule has 0 aromatic carbocycles. The Balaban J connectivity index is 2.26. The van der Waals surface area contributed by atoms with Gasteiger partial charge in [0.25, 0.3) is 0 Å². The fourth-order valence-corrected chi connectivity index (χ4v) is 2.39. The van der Waals surface area contributed by atoms with Crippen LogP contribution >= 0.6 is 0 Å². The van der Waals surface area contributed by atoms with Crippen LogP contribution in [-0.2, 0) is 4.79 Å². The molecule has 0 spiro atoms. The number of hydrogen-bond acceptors (Lipinski definition) is 4. The first-order chi connectivity index (χ1) is 7.87. The Hall–Kier alpha value is -0.650. The molecule has 1 atom stereocenters. The van der Waals surface area contributed by atoms with E-state index in [9.17, 15) is 9.90 Å². The molecule has 5 heteroatoms. The van der Waals surface area contributed by atoms with Gasteiger partial charge in [0.15, 0.2) is 0 Å². The van der Waals surface area contributed by atoms with Crippen molar-refractivity contribution in [2.75, 3.05) is 32.7 Å². The number of rotatable bonds is 6. The number of carbonyl (C=O) groups is 1. The van der Waals surface area contributed by atoms with Crippen LogP contribution in [0.3, 0.4) is 0 Å². The Morgan fingerprint density at radius 3 is 2.82 bits per heavy atom. The highest BCUT2D eigenvalue weighted by atomic mass is 16.4. The average molecular weight is 244 g/mol. The Kier molecular flexibility index (Phi) is 5.36. The quantitative estimate of drug-likeness (QED) is 0.620. The van der Waals surface area contributed by atoms with Gasteiger partial charge in [0, 0.05) is 13.1 Å². The van der Waals surface area contributed by atoms with E-state index in [-0.39, 0.29) is 6.54 Å². The van der Waals surface area contributed by atoms with Crippen molar-refractivity contribution in [2.24, 2.45) is 5.92 Å². The molecule has 5 nitrogen and oxygen atoms in total. The molecule has 0 aliphatic carbocycles. The monoisotopic (exact) mass is 244 g/mol. The number of piperidine rings is 1. The van der Waals surface area contributed by atoms with Gasteiger partial charge in [0.05, 0.1) is 12.1 Å². The van der Waals surface area contributed by atoms with E-state index in [1.165, 1.54) is 0 Å². The smallest absolute Gasteiger partial charge is 0.317 e. The zero-order valence-corrected chi connectivity index (χ0v) is 10.8. The van der Waals surface area contributed by atoms with Gasteiger partial charge in [-0.1, -0.05) is 0 Å². The van der Waals surface area contributed by atoms with Gasteiger partial charge in [-0.25, -0.2) is 0 Å². The second-order valence-electron chi connectivity index (χ2n) is 5.58. The van der Waals surface area contributed by atoms with E-state index in [4.69, 9.17) is 5.11 Å². The van der Waals surface area contributed by atoms with Gasteiger partial charge < -0.3 is 20.4 Å². The van der Waals surface area contributed by atoms with Gasteiger partial charge in [-0.3, -0.25) is 4.79 Å². The molecule has 0 saturated carbocycles. The lowest BCUT2D eigenvalue weighted by Crippen LogP contribution is -2.46. The first-order valence-electron chi connectivity index (χ1n) is 6.24. The summed E-state index contributed by atoms with van der Waals surface area (Å²) in [6, 6.07) is 0. The van der Waals surface area contributed by atoms with Crippen LogP contribution in [0.15, 0.2) is 0 Å². The third-order valence-electron chi connectivity index (χ3n) is 2.92. The van der Waals surface area contributed by atoms with Crippen molar-refractivity contribution in [3.8, 4) is 0 Å². The van der Waals surface area contributed by atoms with Gasteiger partial charge in [0.2, 0.25) is 0 Å². The molecule has 1 unspecified atom stereocenters. The minimum absolute atomic E-state index is 0.0298. The number of aliphatic hydroxyl groups is 1. The number of nitrogens with one attached hydrogen (secondary N) is 1. The number of likely N-dealkylation sites (tertiary alicyclic amines) is 1. The van der Waals surface area contributed by atoms with E-state index in [2.05, 4.69) is 10.2 Å². The molecule has 0 amide bonds. The average Bonchev–Trinajstić information content (AvgIpc) is 2.14. The van der Waals surface area contributed by atoms with Crippen LogP contribution in [0.5, 0.6) is 0 Å². The topological polar surface area (TPSA) is 72.8 Å². The zero-order valence-electron chi connectivity index (χ0n) is 10.8. The summed E-state index contributed by atoms with van der Waals surface area (Å²) in [7, 11) is 0. The van der Waals surface area contributed by atoms with Gasteiger partial charge in [-0.2, -0.15) is 0 Å². The molecular formula is C12H24N2O3. The van der Waals surface area contributed by atoms with E-state index >= 15 is 0 Å². The summed E-state index contributed by atoms with van der Waals surface area (Å²) >= 11 is 0. The Labute approximate surface area is 103 Å². The highest BCUT2D eigenvalue weighted by Crippen LogP contribution is 2.17. The number of nitrogens with zero attached hydrogens (tertiary/aromatic N) is 1. The van der Waals surface area contributed by atoms with Crippen molar-refractivity contribution < 1.29 is 15.0 Å². The third-order valence-corrected chi connectivity index (χ3v) is 2.92. The first-order valence-corrected chi connectivity index (χ1v) is 6.24. The maximum absolute atomic E-state index is 10.4. The molecule has 1 heterocycles. The summed E-state index contributed by atoms with van der Waals surface area (Å²) in [5.74, 6) is -0.320. The normalized spacial score (nSPS) is 22.6. The predicted octanol–water partition coefficient (Wildman–Crippen LogP) is 0.144. The van der Waals surface area contributed by atoms with Crippen LogP contribution in [0.2, 0.25) is 0 Å². The molecule has 0 aromatic heterocycles. The second kappa shape index (κ2) is 6.33. The number of carboxylic acids is 1. The minimum atomic E-state index is -0.811. The van der Waals surface area contributed by atoms with E-state index in [0.29, 0.717) is 12.5 Å². The van der Waals surface area contributed by atoms with Gasteiger partial charge in [0.1, 0.15) is 0 Å². The van der Waals surface area contributed by atoms with Gasteiger partial charge in [-0.05, 0) is 45.7 Å². The molecular weight excluding hydrogens is 220 g/mol. The maximum atomic E-state index is 10.4. The largest absolute Gasteiger partial charge is 0.480 e. The fraction of sp³-hybridized carbons (Fsp3) is 0.917. The maximum Gasteiger partial charge on any atom is 0.317 e. The molecule has 17 heavy (non-hydrogen) atoms. The molecule has 1 aliphatic heterocycles. The highest BCUT2D eigenvalue weighted by molar-refractivity contribution is 5.68. The van der Waals surface area contributed by atoms with Gasteiger partial charge in [-0.15, -0.1) is 0 Å². The Morgan fingerprint density at radius 1 is 1.53 bits per heavy atom.